The Morgan fingerprint density at radius 3 is 2.53 bits per heavy atom. The third kappa shape index (κ3) is 2.06. The summed E-state index contributed by atoms with van der Waals surface area (Å²) in [6.45, 7) is 0.305. The summed E-state index contributed by atoms with van der Waals surface area (Å²) in [4.78, 5) is 26.0. The number of carbonyl (C=O) groups excluding carboxylic acids is 2. The Hall–Kier alpha value is -1.35. The van der Waals surface area contributed by atoms with Crippen LogP contribution in [0.1, 0.15) is 37.7 Å². The molecule has 1 aliphatic carbocycles. The minimum Gasteiger partial charge on any atom is -0.278 e. The molecule has 0 N–H and O–H groups in total. The van der Waals surface area contributed by atoms with Crippen molar-refractivity contribution in [3.8, 4) is 0 Å². The lowest BCUT2D eigenvalue weighted by molar-refractivity contribution is -0.142. The number of amides is 2. The van der Waals surface area contributed by atoms with Gasteiger partial charge in [-0.05, 0) is 24.5 Å². The number of imide groups is 1. The Morgan fingerprint density at radius 2 is 1.84 bits per heavy atom. The Bertz CT molecular complexity index is 535. The minimum atomic E-state index is -0.391. The average molecular weight is 278 g/mol. The van der Waals surface area contributed by atoms with E-state index in [9.17, 15) is 9.59 Å². The highest BCUT2D eigenvalue weighted by Crippen LogP contribution is 2.47. The van der Waals surface area contributed by atoms with Gasteiger partial charge in [0.25, 0.3) is 0 Å². The largest absolute Gasteiger partial charge is 0.278 e. The van der Waals surface area contributed by atoms with Crippen molar-refractivity contribution in [3.63, 3.8) is 0 Å². The van der Waals surface area contributed by atoms with Gasteiger partial charge >= 0.3 is 0 Å². The van der Waals surface area contributed by atoms with Gasteiger partial charge in [0.2, 0.25) is 11.8 Å². The summed E-state index contributed by atoms with van der Waals surface area (Å²) in [5, 5.41) is 0.607. The number of benzene rings is 1. The van der Waals surface area contributed by atoms with Crippen LogP contribution in [0.2, 0.25) is 5.02 Å². The Morgan fingerprint density at radius 1 is 1.16 bits per heavy atom. The SMILES string of the molecule is O=C1CC2(CCCC2)C(=O)N1Cc1ccccc1Cl. The molecule has 2 aliphatic rings. The van der Waals surface area contributed by atoms with Crippen molar-refractivity contribution in [2.75, 3.05) is 0 Å². The molecule has 1 aromatic carbocycles. The van der Waals surface area contributed by atoms with Gasteiger partial charge in [-0.25, -0.2) is 0 Å². The molecule has 1 heterocycles. The van der Waals surface area contributed by atoms with Crippen LogP contribution in [0.5, 0.6) is 0 Å². The van der Waals surface area contributed by atoms with Gasteiger partial charge in [-0.1, -0.05) is 42.6 Å². The van der Waals surface area contributed by atoms with Crippen molar-refractivity contribution in [3.05, 3.63) is 34.9 Å². The maximum absolute atomic E-state index is 12.5. The van der Waals surface area contributed by atoms with Crippen LogP contribution in [0.3, 0.4) is 0 Å². The quantitative estimate of drug-likeness (QED) is 0.779. The van der Waals surface area contributed by atoms with E-state index in [1.165, 1.54) is 4.90 Å². The summed E-state index contributed by atoms with van der Waals surface area (Å²) in [6, 6.07) is 7.37. The monoisotopic (exact) mass is 277 g/mol. The summed E-state index contributed by atoms with van der Waals surface area (Å²) in [5.41, 5.74) is 0.444. The smallest absolute Gasteiger partial charge is 0.236 e. The molecule has 2 fully saturated rings. The van der Waals surface area contributed by atoms with Gasteiger partial charge in [0.05, 0.1) is 12.0 Å². The highest BCUT2D eigenvalue weighted by atomic mass is 35.5. The van der Waals surface area contributed by atoms with E-state index in [4.69, 9.17) is 11.6 Å². The molecule has 4 heteroatoms. The van der Waals surface area contributed by atoms with E-state index in [-0.39, 0.29) is 11.8 Å². The van der Waals surface area contributed by atoms with Gasteiger partial charge in [-0.2, -0.15) is 0 Å². The molecule has 0 bridgehead atoms. The lowest BCUT2D eigenvalue weighted by atomic mass is 9.84. The van der Waals surface area contributed by atoms with E-state index in [2.05, 4.69) is 0 Å². The van der Waals surface area contributed by atoms with E-state index in [1.54, 1.807) is 6.07 Å². The number of hydrogen-bond donors (Lipinski definition) is 0. The zero-order valence-electron chi connectivity index (χ0n) is 10.7. The number of nitrogens with zero attached hydrogens (tertiary/aromatic N) is 1. The maximum Gasteiger partial charge on any atom is 0.236 e. The fourth-order valence-corrected chi connectivity index (χ4v) is 3.45. The summed E-state index contributed by atoms with van der Waals surface area (Å²) in [7, 11) is 0. The Kier molecular flexibility index (Phi) is 3.09. The first-order chi connectivity index (χ1) is 9.12. The van der Waals surface area contributed by atoms with Crippen LogP contribution in [0.15, 0.2) is 24.3 Å². The molecule has 0 unspecified atom stereocenters. The van der Waals surface area contributed by atoms with Gasteiger partial charge in [-0.15, -0.1) is 0 Å². The van der Waals surface area contributed by atoms with E-state index >= 15 is 0 Å². The van der Waals surface area contributed by atoms with Crippen molar-refractivity contribution in [2.24, 2.45) is 5.41 Å². The van der Waals surface area contributed by atoms with Crippen molar-refractivity contribution in [1.29, 1.82) is 0 Å². The van der Waals surface area contributed by atoms with Crippen LogP contribution >= 0.6 is 11.6 Å². The molecular formula is C15H16ClNO2. The first-order valence-electron chi connectivity index (χ1n) is 6.71. The van der Waals surface area contributed by atoms with Crippen LogP contribution in [-0.4, -0.2) is 16.7 Å². The summed E-state index contributed by atoms with van der Waals surface area (Å²) >= 11 is 6.10. The maximum atomic E-state index is 12.5. The van der Waals surface area contributed by atoms with Crippen LogP contribution in [-0.2, 0) is 16.1 Å². The molecule has 0 atom stereocenters. The van der Waals surface area contributed by atoms with Gasteiger partial charge in [0, 0.05) is 11.4 Å². The molecular weight excluding hydrogens is 262 g/mol. The molecule has 1 spiro atoms. The van der Waals surface area contributed by atoms with Crippen molar-refractivity contribution in [1.82, 2.24) is 4.90 Å². The topological polar surface area (TPSA) is 37.4 Å². The number of carbonyl (C=O) groups is 2. The van der Waals surface area contributed by atoms with Crippen LogP contribution < -0.4 is 0 Å². The second-order valence-electron chi connectivity index (χ2n) is 5.54. The van der Waals surface area contributed by atoms with Gasteiger partial charge in [0.1, 0.15) is 0 Å². The molecule has 1 aromatic rings. The number of hydrogen-bond acceptors (Lipinski definition) is 2. The highest BCUT2D eigenvalue weighted by Gasteiger charge is 2.52. The normalized spacial score (nSPS) is 21.6. The standard InChI is InChI=1S/C15H16ClNO2/c16-12-6-2-1-5-11(12)10-17-13(18)9-15(14(17)19)7-3-4-8-15/h1-2,5-6H,3-4,7-10H2. The van der Waals surface area contributed by atoms with Crippen LogP contribution in [0.25, 0.3) is 0 Å². The van der Waals surface area contributed by atoms with Crippen molar-refractivity contribution < 1.29 is 9.59 Å². The average Bonchev–Trinajstić information content (AvgIpc) is 2.94. The molecule has 0 aromatic heterocycles. The Labute approximate surface area is 117 Å². The third-order valence-electron chi connectivity index (χ3n) is 4.34. The Balaban J connectivity index is 1.84. The van der Waals surface area contributed by atoms with Gasteiger partial charge in [0.15, 0.2) is 0 Å². The zero-order valence-corrected chi connectivity index (χ0v) is 11.4. The van der Waals surface area contributed by atoms with Crippen LogP contribution in [0.4, 0.5) is 0 Å². The molecule has 1 saturated carbocycles. The first-order valence-corrected chi connectivity index (χ1v) is 7.08. The number of halogens is 1. The predicted molar refractivity (Wildman–Crippen MR) is 72.5 cm³/mol. The van der Waals surface area contributed by atoms with Gasteiger partial charge in [-0.3, -0.25) is 14.5 Å². The molecule has 1 saturated heterocycles. The zero-order chi connectivity index (χ0) is 13.5. The first kappa shape index (κ1) is 12.7. The van der Waals surface area contributed by atoms with E-state index < -0.39 is 5.41 Å². The number of likely N-dealkylation sites (tertiary alicyclic amines) is 1. The molecule has 3 nitrogen and oxygen atoms in total. The van der Waals surface area contributed by atoms with Crippen LogP contribution in [0, 0.1) is 5.41 Å². The summed E-state index contributed by atoms with van der Waals surface area (Å²) in [6.07, 6.45) is 4.21. The van der Waals surface area contributed by atoms with Crippen molar-refractivity contribution in [2.45, 2.75) is 38.6 Å². The van der Waals surface area contributed by atoms with E-state index in [0.29, 0.717) is 18.0 Å². The highest BCUT2D eigenvalue weighted by molar-refractivity contribution is 6.31. The molecule has 0 radical (unpaired) electrons. The molecule has 19 heavy (non-hydrogen) atoms. The molecule has 3 rings (SSSR count). The van der Waals surface area contributed by atoms with E-state index in [0.717, 1.165) is 31.2 Å². The van der Waals surface area contributed by atoms with E-state index in [1.807, 2.05) is 18.2 Å². The van der Waals surface area contributed by atoms with Crippen molar-refractivity contribution >= 4 is 23.4 Å². The molecule has 100 valence electrons. The second-order valence-corrected chi connectivity index (χ2v) is 5.95. The minimum absolute atomic E-state index is 0.00918. The lowest BCUT2D eigenvalue weighted by Crippen LogP contribution is -2.34. The summed E-state index contributed by atoms with van der Waals surface area (Å²) < 4.78 is 0. The lowest BCUT2D eigenvalue weighted by Gasteiger charge is -2.21. The fraction of sp³-hybridized carbons (Fsp3) is 0.467. The second kappa shape index (κ2) is 4.64. The third-order valence-corrected chi connectivity index (χ3v) is 4.71. The fourth-order valence-electron chi connectivity index (χ4n) is 3.26. The molecule has 1 aliphatic heterocycles. The summed E-state index contributed by atoms with van der Waals surface area (Å²) in [5.74, 6) is -0.0401. The van der Waals surface area contributed by atoms with Gasteiger partial charge < -0.3 is 0 Å². The predicted octanol–water partition coefficient (Wildman–Crippen LogP) is 3.16. The number of rotatable bonds is 2. The molecule has 2 amide bonds.